The monoisotopic (exact) mass is 344 g/mol. The highest BCUT2D eigenvalue weighted by molar-refractivity contribution is 5.83. The summed E-state index contributed by atoms with van der Waals surface area (Å²) in [6.45, 7) is 1.03. The number of nitrogens with zero attached hydrogens (tertiary/aromatic N) is 2. The third kappa shape index (κ3) is 2.58. The second kappa shape index (κ2) is 6.10. The van der Waals surface area contributed by atoms with Gasteiger partial charge in [-0.25, -0.2) is 0 Å². The van der Waals surface area contributed by atoms with Crippen LogP contribution in [0.4, 0.5) is 5.69 Å². The number of anilines is 1. The fourth-order valence-corrected chi connectivity index (χ4v) is 5.19. The van der Waals surface area contributed by atoms with Crippen molar-refractivity contribution in [3.8, 4) is 0 Å². The first kappa shape index (κ1) is 15.8. The van der Waals surface area contributed by atoms with Crippen molar-refractivity contribution in [3.05, 3.63) is 72.6 Å². The van der Waals surface area contributed by atoms with Crippen molar-refractivity contribution in [3.63, 3.8) is 0 Å². The van der Waals surface area contributed by atoms with Crippen molar-refractivity contribution >= 4 is 16.5 Å². The van der Waals surface area contributed by atoms with Gasteiger partial charge in [-0.2, -0.15) is 0 Å². The Morgan fingerprint density at radius 3 is 2.65 bits per heavy atom. The van der Waals surface area contributed by atoms with Crippen LogP contribution < -0.4 is 4.90 Å². The van der Waals surface area contributed by atoms with E-state index < -0.39 is 5.60 Å². The van der Waals surface area contributed by atoms with Crippen molar-refractivity contribution in [2.75, 3.05) is 11.4 Å². The van der Waals surface area contributed by atoms with Crippen LogP contribution in [0.2, 0.25) is 0 Å². The number of pyridine rings is 1. The van der Waals surface area contributed by atoms with Crippen LogP contribution in [0.25, 0.3) is 10.8 Å². The number of aliphatic hydroxyl groups is 1. The van der Waals surface area contributed by atoms with Crippen LogP contribution in [0.3, 0.4) is 0 Å². The molecule has 3 atom stereocenters. The number of hydrogen-bond donors (Lipinski definition) is 1. The maximum atomic E-state index is 11.7. The second-order valence-electron chi connectivity index (χ2n) is 7.89. The van der Waals surface area contributed by atoms with Crippen molar-refractivity contribution in [1.82, 2.24) is 4.98 Å². The van der Waals surface area contributed by atoms with Gasteiger partial charge in [-0.3, -0.25) is 4.98 Å². The Bertz CT molecular complexity index is 926. The first-order valence-electron chi connectivity index (χ1n) is 9.60. The van der Waals surface area contributed by atoms with E-state index in [4.69, 9.17) is 0 Å². The van der Waals surface area contributed by atoms with E-state index in [2.05, 4.69) is 64.5 Å². The Labute approximate surface area is 154 Å². The van der Waals surface area contributed by atoms with Crippen LogP contribution in [-0.4, -0.2) is 28.3 Å². The van der Waals surface area contributed by atoms with E-state index in [-0.39, 0.29) is 6.04 Å². The highest BCUT2D eigenvalue weighted by atomic mass is 16.3. The Balaban J connectivity index is 1.46. The molecule has 0 spiro atoms. The third-order valence-corrected chi connectivity index (χ3v) is 6.34. The molecule has 1 saturated heterocycles. The number of benzene rings is 2. The summed E-state index contributed by atoms with van der Waals surface area (Å²) in [5.41, 5.74) is 1.76. The molecule has 26 heavy (non-hydrogen) atoms. The van der Waals surface area contributed by atoms with Gasteiger partial charge in [0.15, 0.2) is 0 Å². The molecular weight excluding hydrogens is 320 g/mol. The minimum Gasteiger partial charge on any atom is -0.387 e. The van der Waals surface area contributed by atoms with Crippen molar-refractivity contribution in [1.29, 1.82) is 0 Å². The fourth-order valence-electron chi connectivity index (χ4n) is 5.19. The molecule has 2 fully saturated rings. The minimum atomic E-state index is -0.660. The lowest BCUT2D eigenvalue weighted by Gasteiger charge is -2.37. The minimum absolute atomic E-state index is 0.205. The predicted octanol–water partition coefficient (Wildman–Crippen LogP) is 4.20. The Hall–Kier alpha value is -2.39. The molecule has 2 heterocycles. The number of hydrogen-bond acceptors (Lipinski definition) is 3. The summed E-state index contributed by atoms with van der Waals surface area (Å²) in [7, 11) is 0. The summed E-state index contributed by atoms with van der Waals surface area (Å²) in [6.07, 6.45) is 7.60. The molecule has 1 saturated carbocycles. The number of aromatic nitrogens is 1. The molecule has 1 aliphatic heterocycles. The molecule has 0 amide bonds. The van der Waals surface area contributed by atoms with Crippen LogP contribution in [0, 0.1) is 5.92 Å². The lowest BCUT2D eigenvalue weighted by Crippen LogP contribution is -2.50. The fraction of sp³-hybridized carbons (Fsp3) is 0.348. The van der Waals surface area contributed by atoms with E-state index in [1.165, 1.54) is 28.4 Å². The lowest BCUT2D eigenvalue weighted by atomic mass is 9.86. The van der Waals surface area contributed by atoms with Crippen molar-refractivity contribution in [2.45, 2.75) is 37.3 Å². The topological polar surface area (TPSA) is 36.4 Å². The van der Waals surface area contributed by atoms with Gasteiger partial charge in [-0.15, -0.1) is 0 Å². The van der Waals surface area contributed by atoms with Gasteiger partial charge in [0.2, 0.25) is 0 Å². The number of fused-ring (bicyclic) bond motifs is 2. The molecule has 1 N–H and O–H groups in total. The zero-order valence-electron chi connectivity index (χ0n) is 14.9. The molecule has 132 valence electrons. The van der Waals surface area contributed by atoms with E-state index in [1.54, 1.807) is 0 Å². The zero-order chi connectivity index (χ0) is 17.6. The van der Waals surface area contributed by atoms with Gasteiger partial charge in [-0.05, 0) is 53.6 Å². The molecule has 0 radical (unpaired) electrons. The average molecular weight is 344 g/mol. The molecule has 1 aliphatic carbocycles. The van der Waals surface area contributed by atoms with Gasteiger partial charge in [-0.1, -0.05) is 42.5 Å². The molecular formula is C23H24N2O. The van der Waals surface area contributed by atoms with Gasteiger partial charge in [0.25, 0.3) is 0 Å². The van der Waals surface area contributed by atoms with Gasteiger partial charge in [0.1, 0.15) is 0 Å². The Morgan fingerprint density at radius 1 is 1.00 bits per heavy atom. The summed E-state index contributed by atoms with van der Waals surface area (Å²) in [4.78, 5) is 6.56. The largest absolute Gasteiger partial charge is 0.387 e. The first-order chi connectivity index (χ1) is 12.7. The van der Waals surface area contributed by atoms with E-state index in [0.717, 1.165) is 25.8 Å². The van der Waals surface area contributed by atoms with Gasteiger partial charge in [0.05, 0.1) is 11.6 Å². The van der Waals surface area contributed by atoms with E-state index >= 15 is 0 Å². The molecule has 3 aromatic rings. The van der Waals surface area contributed by atoms with Gasteiger partial charge < -0.3 is 10.0 Å². The number of rotatable bonds is 3. The summed E-state index contributed by atoms with van der Waals surface area (Å²) in [5.74, 6) is 0.591. The highest BCUT2D eigenvalue weighted by Crippen LogP contribution is 2.47. The quantitative estimate of drug-likeness (QED) is 0.774. The van der Waals surface area contributed by atoms with Gasteiger partial charge in [0, 0.05) is 31.0 Å². The SMILES string of the molecule is OC1(Cc2ccc3ccccc3c2)CCC2CCN(c3ccncc3)C21. The molecule has 0 bridgehead atoms. The Kier molecular flexibility index (Phi) is 3.71. The average Bonchev–Trinajstić information content (AvgIpc) is 3.24. The first-order valence-corrected chi connectivity index (χ1v) is 9.60. The smallest absolute Gasteiger partial charge is 0.0892 e. The van der Waals surface area contributed by atoms with E-state index in [1.807, 2.05) is 12.4 Å². The molecule has 2 aliphatic rings. The van der Waals surface area contributed by atoms with Crippen LogP contribution in [0.5, 0.6) is 0 Å². The van der Waals surface area contributed by atoms with Gasteiger partial charge >= 0.3 is 0 Å². The maximum absolute atomic E-state index is 11.7. The van der Waals surface area contributed by atoms with Crippen LogP contribution >= 0.6 is 0 Å². The molecule has 1 aromatic heterocycles. The molecule has 3 heteroatoms. The normalized spacial score (nSPS) is 27.8. The summed E-state index contributed by atoms with van der Waals surface area (Å²) in [6, 6.07) is 19.4. The molecule has 2 aromatic carbocycles. The van der Waals surface area contributed by atoms with Crippen LogP contribution in [0.1, 0.15) is 24.8 Å². The second-order valence-corrected chi connectivity index (χ2v) is 7.89. The predicted molar refractivity (Wildman–Crippen MR) is 105 cm³/mol. The summed E-state index contributed by atoms with van der Waals surface area (Å²) < 4.78 is 0. The molecule has 3 unspecified atom stereocenters. The molecule has 5 rings (SSSR count). The van der Waals surface area contributed by atoms with Crippen molar-refractivity contribution in [2.24, 2.45) is 5.92 Å². The van der Waals surface area contributed by atoms with Crippen LogP contribution in [0.15, 0.2) is 67.0 Å². The highest BCUT2D eigenvalue weighted by Gasteiger charge is 2.52. The van der Waals surface area contributed by atoms with E-state index in [0.29, 0.717) is 5.92 Å². The standard InChI is InChI=1S/C23H24N2O/c26-23(16-17-5-6-18-3-1-2-4-20(18)15-17)11-7-19-10-14-25(22(19)23)21-8-12-24-13-9-21/h1-6,8-9,12-13,15,19,22,26H,7,10-11,14,16H2. The zero-order valence-corrected chi connectivity index (χ0v) is 14.9. The third-order valence-electron chi connectivity index (χ3n) is 6.34. The van der Waals surface area contributed by atoms with Crippen molar-refractivity contribution < 1.29 is 5.11 Å². The summed E-state index contributed by atoms with van der Waals surface area (Å²) in [5, 5.41) is 14.2. The Morgan fingerprint density at radius 2 is 1.81 bits per heavy atom. The maximum Gasteiger partial charge on any atom is 0.0892 e. The molecule has 3 nitrogen and oxygen atoms in total. The lowest BCUT2D eigenvalue weighted by molar-refractivity contribution is 0.0293. The van der Waals surface area contributed by atoms with E-state index in [9.17, 15) is 5.11 Å². The van der Waals surface area contributed by atoms with Crippen LogP contribution in [-0.2, 0) is 6.42 Å². The summed E-state index contributed by atoms with van der Waals surface area (Å²) >= 11 is 0.